The lowest BCUT2D eigenvalue weighted by Gasteiger charge is -2.11. The van der Waals surface area contributed by atoms with E-state index < -0.39 is 0 Å². The molecule has 3 rings (SSSR count). The Morgan fingerprint density at radius 3 is 2.62 bits per heavy atom. The van der Waals surface area contributed by atoms with E-state index in [0.717, 1.165) is 22.6 Å². The van der Waals surface area contributed by atoms with Gasteiger partial charge in [-0.2, -0.15) is 5.10 Å². The van der Waals surface area contributed by atoms with Crippen LogP contribution in [-0.2, 0) is 0 Å². The Hall–Kier alpha value is -2.53. The molecule has 106 valence electrons. The van der Waals surface area contributed by atoms with Gasteiger partial charge in [0.15, 0.2) is 0 Å². The third-order valence-electron chi connectivity index (χ3n) is 3.39. The number of rotatable bonds is 4. The van der Waals surface area contributed by atoms with Gasteiger partial charge in [-0.25, -0.2) is 4.39 Å². The molecule has 3 N–H and O–H groups in total. The molecule has 5 heteroatoms. The summed E-state index contributed by atoms with van der Waals surface area (Å²) in [6.45, 7) is 0.433. The number of H-pyrrole nitrogens is 1. The van der Waals surface area contributed by atoms with Crippen LogP contribution in [0.25, 0.3) is 11.3 Å². The van der Waals surface area contributed by atoms with Crippen LogP contribution in [0.5, 0.6) is 0 Å². The maximum atomic E-state index is 13.0. The molecular formula is C16H15FN4. The van der Waals surface area contributed by atoms with E-state index in [2.05, 4.69) is 15.2 Å². The van der Waals surface area contributed by atoms with E-state index in [4.69, 9.17) is 5.73 Å². The fraction of sp³-hybridized carbons (Fsp3) is 0.125. The van der Waals surface area contributed by atoms with Crippen LogP contribution < -0.4 is 5.73 Å². The minimum atomic E-state index is -0.261. The van der Waals surface area contributed by atoms with Crippen molar-refractivity contribution in [1.29, 1.82) is 0 Å². The van der Waals surface area contributed by atoms with Gasteiger partial charge in [0, 0.05) is 24.0 Å². The molecule has 1 atom stereocenters. The monoisotopic (exact) mass is 282 g/mol. The Balaban J connectivity index is 1.92. The second-order valence-corrected chi connectivity index (χ2v) is 4.76. The Bertz CT molecular complexity index is 707. The number of hydrogen-bond donors (Lipinski definition) is 2. The van der Waals surface area contributed by atoms with Crippen LogP contribution in [0.3, 0.4) is 0 Å². The summed E-state index contributed by atoms with van der Waals surface area (Å²) in [7, 11) is 0. The topological polar surface area (TPSA) is 67.6 Å². The Morgan fingerprint density at radius 1 is 1.14 bits per heavy atom. The quantitative estimate of drug-likeness (QED) is 0.773. The zero-order valence-electron chi connectivity index (χ0n) is 11.3. The second-order valence-electron chi connectivity index (χ2n) is 4.76. The summed E-state index contributed by atoms with van der Waals surface area (Å²) in [5, 5.41) is 7.28. The maximum Gasteiger partial charge on any atom is 0.123 e. The molecule has 0 radical (unpaired) electrons. The van der Waals surface area contributed by atoms with Crippen molar-refractivity contribution in [2.24, 2.45) is 5.73 Å². The standard InChI is InChI=1S/C16H15FN4/c17-12-6-4-11(5-7-12)15-9-16(21-20-15)13(10-18)14-3-1-2-8-19-14/h1-9,13H,10,18H2,(H,20,21). The Kier molecular flexibility index (Phi) is 3.75. The van der Waals surface area contributed by atoms with Crippen LogP contribution in [0, 0.1) is 5.82 Å². The molecule has 1 aromatic carbocycles. The zero-order valence-corrected chi connectivity index (χ0v) is 11.3. The largest absolute Gasteiger partial charge is 0.329 e. The van der Waals surface area contributed by atoms with Gasteiger partial charge >= 0.3 is 0 Å². The number of nitrogens with one attached hydrogen (secondary N) is 1. The number of pyridine rings is 1. The van der Waals surface area contributed by atoms with E-state index in [9.17, 15) is 4.39 Å². The summed E-state index contributed by atoms with van der Waals surface area (Å²) in [5.74, 6) is -0.296. The van der Waals surface area contributed by atoms with E-state index in [-0.39, 0.29) is 11.7 Å². The molecule has 3 aromatic rings. The van der Waals surface area contributed by atoms with E-state index in [1.807, 2.05) is 24.3 Å². The lowest BCUT2D eigenvalue weighted by Crippen LogP contribution is -2.15. The van der Waals surface area contributed by atoms with Gasteiger partial charge in [0.2, 0.25) is 0 Å². The molecule has 0 fully saturated rings. The van der Waals surface area contributed by atoms with Crippen molar-refractivity contribution in [3.63, 3.8) is 0 Å². The molecule has 2 aromatic heterocycles. The van der Waals surface area contributed by atoms with E-state index in [1.165, 1.54) is 12.1 Å². The highest BCUT2D eigenvalue weighted by Crippen LogP contribution is 2.24. The van der Waals surface area contributed by atoms with E-state index in [1.54, 1.807) is 18.3 Å². The fourth-order valence-electron chi connectivity index (χ4n) is 2.27. The molecule has 0 amide bonds. The fourth-order valence-corrected chi connectivity index (χ4v) is 2.27. The van der Waals surface area contributed by atoms with Gasteiger partial charge in [-0.05, 0) is 42.5 Å². The van der Waals surface area contributed by atoms with Crippen LogP contribution >= 0.6 is 0 Å². The van der Waals surface area contributed by atoms with Crippen LogP contribution in [-0.4, -0.2) is 21.7 Å². The third kappa shape index (κ3) is 2.83. The molecule has 0 aliphatic heterocycles. The van der Waals surface area contributed by atoms with Crippen molar-refractivity contribution in [3.05, 3.63) is 71.9 Å². The maximum absolute atomic E-state index is 13.0. The van der Waals surface area contributed by atoms with E-state index >= 15 is 0 Å². The second kappa shape index (κ2) is 5.85. The first kappa shape index (κ1) is 13.5. The van der Waals surface area contributed by atoms with Crippen molar-refractivity contribution < 1.29 is 4.39 Å². The number of aromatic amines is 1. The van der Waals surface area contributed by atoms with Gasteiger partial charge in [0.25, 0.3) is 0 Å². The molecule has 1 unspecified atom stereocenters. The predicted molar refractivity (Wildman–Crippen MR) is 79.1 cm³/mol. The first-order chi connectivity index (χ1) is 10.3. The van der Waals surface area contributed by atoms with Gasteiger partial charge in [0.1, 0.15) is 5.82 Å². The predicted octanol–water partition coefficient (Wildman–Crippen LogP) is 2.70. The molecule has 0 bridgehead atoms. The lowest BCUT2D eigenvalue weighted by atomic mass is 10.00. The average Bonchev–Trinajstić information content (AvgIpc) is 2.99. The summed E-state index contributed by atoms with van der Waals surface area (Å²) in [4.78, 5) is 4.34. The van der Waals surface area contributed by atoms with Crippen molar-refractivity contribution in [2.75, 3.05) is 6.54 Å². The molecule has 21 heavy (non-hydrogen) atoms. The van der Waals surface area contributed by atoms with Crippen molar-refractivity contribution in [3.8, 4) is 11.3 Å². The SMILES string of the molecule is NCC(c1ccccn1)c1cc(-c2ccc(F)cc2)n[nH]1. The molecule has 0 aliphatic rings. The molecule has 0 saturated heterocycles. The first-order valence-corrected chi connectivity index (χ1v) is 6.70. The number of hydrogen-bond acceptors (Lipinski definition) is 3. The normalized spacial score (nSPS) is 12.3. The summed E-state index contributed by atoms with van der Waals surface area (Å²) >= 11 is 0. The van der Waals surface area contributed by atoms with Gasteiger partial charge in [-0.15, -0.1) is 0 Å². The van der Waals surface area contributed by atoms with Crippen molar-refractivity contribution in [1.82, 2.24) is 15.2 Å². The van der Waals surface area contributed by atoms with Crippen LogP contribution in [0.1, 0.15) is 17.3 Å². The summed E-state index contributed by atoms with van der Waals surface area (Å²) in [6, 6.07) is 13.9. The highest BCUT2D eigenvalue weighted by Gasteiger charge is 2.16. The van der Waals surface area contributed by atoms with Crippen LogP contribution in [0.4, 0.5) is 4.39 Å². The summed E-state index contributed by atoms with van der Waals surface area (Å²) in [6.07, 6.45) is 1.75. The number of benzene rings is 1. The summed E-state index contributed by atoms with van der Waals surface area (Å²) in [5.41, 5.74) is 9.28. The Morgan fingerprint density at radius 2 is 1.95 bits per heavy atom. The molecule has 0 aliphatic carbocycles. The third-order valence-corrected chi connectivity index (χ3v) is 3.39. The molecule has 2 heterocycles. The number of nitrogens with two attached hydrogens (primary N) is 1. The minimum Gasteiger partial charge on any atom is -0.329 e. The molecule has 0 spiro atoms. The van der Waals surface area contributed by atoms with Gasteiger partial charge in [-0.1, -0.05) is 6.07 Å². The Labute approximate surface area is 121 Å². The average molecular weight is 282 g/mol. The lowest BCUT2D eigenvalue weighted by molar-refractivity contribution is 0.628. The van der Waals surface area contributed by atoms with Gasteiger partial charge < -0.3 is 5.73 Å². The van der Waals surface area contributed by atoms with Crippen molar-refractivity contribution >= 4 is 0 Å². The molecular weight excluding hydrogens is 267 g/mol. The van der Waals surface area contributed by atoms with Crippen molar-refractivity contribution in [2.45, 2.75) is 5.92 Å². The van der Waals surface area contributed by atoms with E-state index in [0.29, 0.717) is 6.54 Å². The van der Waals surface area contributed by atoms with Gasteiger partial charge in [0.05, 0.1) is 17.3 Å². The van der Waals surface area contributed by atoms with Gasteiger partial charge in [-0.3, -0.25) is 10.1 Å². The highest BCUT2D eigenvalue weighted by molar-refractivity contribution is 5.59. The number of aromatic nitrogens is 3. The summed E-state index contributed by atoms with van der Waals surface area (Å²) < 4.78 is 13.0. The molecule has 4 nitrogen and oxygen atoms in total. The zero-order chi connectivity index (χ0) is 14.7. The first-order valence-electron chi connectivity index (χ1n) is 6.70. The van der Waals surface area contributed by atoms with Crippen LogP contribution in [0.15, 0.2) is 54.7 Å². The minimum absolute atomic E-state index is 0.0344. The highest BCUT2D eigenvalue weighted by atomic mass is 19.1. The number of nitrogens with zero attached hydrogens (tertiary/aromatic N) is 2. The molecule has 0 saturated carbocycles. The smallest absolute Gasteiger partial charge is 0.123 e. The van der Waals surface area contributed by atoms with Crippen LogP contribution in [0.2, 0.25) is 0 Å². The number of halogens is 1.